The summed E-state index contributed by atoms with van der Waals surface area (Å²) in [5.41, 5.74) is 14.1. The average molecular weight is 645 g/mol. The predicted octanol–water partition coefficient (Wildman–Crippen LogP) is 4.43. The Labute approximate surface area is 261 Å². The molecule has 1 saturated heterocycles. The van der Waals surface area contributed by atoms with E-state index in [4.69, 9.17) is 25.9 Å². The Bertz CT molecular complexity index is 1680. The van der Waals surface area contributed by atoms with Gasteiger partial charge in [-0.3, -0.25) is 9.11 Å². The van der Waals surface area contributed by atoms with E-state index in [0.717, 1.165) is 19.6 Å². The number of aromatic nitrogens is 4. The molecule has 4 aromatic rings. The fraction of sp³-hybridized carbons (Fsp3) is 0.400. The van der Waals surface area contributed by atoms with Crippen LogP contribution in [-0.4, -0.2) is 80.3 Å². The Hall–Kier alpha value is -4.21. The molecule has 3 heterocycles. The minimum absolute atomic E-state index is 0.111. The van der Waals surface area contributed by atoms with Crippen molar-refractivity contribution in [3.63, 3.8) is 0 Å². The first-order valence-corrected chi connectivity index (χ1v) is 16.3. The van der Waals surface area contributed by atoms with Gasteiger partial charge in [-0.2, -0.15) is 0 Å². The second-order valence-electron chi connectivity index (χ2n) is 10.1. The van der Waals surface area contributed by atoms with Gasteiger partial charge in [0, 0.05) is 49.6 Å². The Morgan fingerprint density at radius 3 is 2.44 bits per heavy atom. The molecule has 15 heteroatoms. The normalized spacial score (nSPS) is 13.4. The number of rotatable bonds is 11. The maximum atomic E-state index is 15.7. The number of nitrogens with two attached hydrogens (primary N) is 2. The van der Waals surface area contributed by atoms with Crippen molar-refractivity contribution >= 4 is 44.1 Å². The number of sulfonamides is 1. The van der Waals surface area contributed by atoms with Crippen LogP contribution >= 0.6 is 0 Å². The van der Waals surface area contributed by atoms with Crippen molar-refractivity contribution in [1.29, 1.82) is 0 Å². The lowest BCUT2D eigenvalue weighted by Crippen LogP contribution is -2.36. The summed E-state index contributed by atoms with van der Waals surface area (Å²) < 4.78 is 65.5. The lowest BCUT2D eigenvalue weighted by atomic mass is 10.00. The summed E-state index contributed by atoms with van der Waals surface area (Å²) in [5, 5.41) is 0.488. The first-order chi connectivity index (χ1) is 21.7. The number of morpholine rings is 1. The molecule has 12 nitrogen and oxygen atoms in total. The van der Waals surface area contributed by atoms with Crippen LogP contribution in [0.15, 0.2) is 42.7 Å². The van der Waals surface area contributed by atoms with Crippen molar-refractivity contribution in [1.82, 2.24) is 19.9 Å². The molecular weight excluding hydrogens is 606 g/mol. The van der Waals surface area contributed by atoms with Gasteiger partial charge in [0.1, 0.15) is 5.82 Å². The second-order valence-corrected chi connectivity index (χ2v) is 11.9. The van der Waals surface area contributed by atoms with Crippen LogP contribution in [0.1, 0.15) is 26.7 Å². The van der Waals surface area contributed by atoms with Crippen molar-refractivity contribution in [3.05, 3.63) is 48.5 Å². The van der Waals surface area contributed by atoms with Crippen LogP contribution in [0.3, 0.4) is 0 Å². The summed E-state index contributed by atoms with van der Waals surface area (Å²) in [6, 6.07) is 7.83. The lowest BCUT2D eigenvalue weighted by Gasteiger charge is -2.30. The van der Waals surface area contributed by atoms with Crippen LogP contribution in [0.4, 0.5) is 31.9 Å². The van der Waals surface area contributed by atoms with Crippen LogP contribution < -0.4 is 21.1 Å². The highest BCUT2D eigenvalue weighted by molar-refractivity contribution is 7.92. The molecule has 0 spiro atoms. The number of alkyl halides is 1. The number of anilines is 4. The third-order valence-electron chi connectivity index (χ3n) is 6.77. The van der Waals surface area contributed by atoms with Gasteiger partial charge in [0.2, 0.25) is 16.0 Å². The molecule has 5 N–H and O–H groups in total. The Morgan fingerprint density at radius 1 is 1.07 bits per heavy atom. The van der Waals surface area contributed by atoms with E-state index in [9.17, 15) is 12.8 Å². The average Bonchev–Trinajstić information content (AvgIpc) is 3.04. The molecule has 0 aliphatic carbocycles. The number of nitrogens with one attached hydrogen (secondary N) is 1. The van der Waals surface area contributed by atoms with Gasteiger partial charge in [-0.1, -0.05) is 19.1 Å². The second kappa shape index (κ2) is 15.7. The third-order valence-corrected chi connectivity index (χ3v) is 8.12. The lowest BCUT2D eigenvalue weighted by molar-refractivity contribution is 0.123. The largest absolute Gasteiger partial charge is 0.383 e. The summed E-state index contributed by atoms with van der Waals surface area (Å²) >= 11 is 0. The highest BCUT2D eigenvalue weighted by Gasteiger charge is 2.22. The molecule has 5 rings (SSSR count). The molecule has 45 heavy (non-hydrogen) atoms. The van der Waals surface area contributed by atoms with E-state index in [0.29, 0.717) is 59.8 Å². The summed E-state index contributed by atoms with van der Waals surface area (Å²) in [6.07, 6.45) is 3.95. The van der Waals surface area contributed by atoms with E-state index in [1.165, 1.54) is 30.6 Å². The SMILES string of the molecule is CCCOCC.Nc1ncc(-c2nc(N)c3cc(-c4cccc(NS(=O)(=O)CCCF)c4F)cc(N4CCOCC4)c3n2)cn1. The zero-order chi connectivity index (χ0) is 32.4. The summed E-state index contributed by atoms with van der Waals surface area (Å²) in [4.78, 5) is 19.2. The van der Waals surface area contributed by atoms with E-state index >= 15 is 4.39 Å². The minimum atomic E-state index is -3.93. The van der Waals surface area contributed by atoms with E-state index in [1.54, 1.807) is 12.1 Å². The predicted molar refractivity (Wildman–Crippen MR) is 173 cm³/mol. The van der Waals surface area contributed by atoms with Gasteiger partial charge < -0.3 is 25.8 Å². The Kier molecular flexibility index (Phi) is 11.7. The van der Waals surface area contributed by atoms with Crippen molar-refractivity contribution in [2.75, 3.05) is 73.0 Å². The molecular formula is C30H38F2N8O4S. The minimum Gasteiger partial charge on any atom is -0.383 e. The number of benzene rings is 2. The highest BCUT2D eigenvalue weighted by atomic mass is 32.2. The van der Waals surface area contributed by atoms with Crippen molar-refractivity contribution in [2.24, 2.45) is 0 Å². The molecule has 0 atom stereocenters. The number of nitrogens with zero attached hydrogens (tertiary/aromatic N) is 5. The van der Waals surface area contributed by atoms with Gasteiger partial charge in [0.25, 0.3) is 0 Å². The quantitative estimate of drug-likeness (QED) is 0.197. The zero-order valence-electron chi connectivity index (χ0n) is 25.3. The van der Waals surface area contributed by atoms with Crippen LogP contribution in [0.25, 0.3) is 33.4 Å². The molecule has 0 bridgehead atoms. The number of hydrogen-bond acceptors (Lipinski definition) is 11. The number of ether oxygens (including phenoxy) is 2. The molecule has 2 aromatic heterocycles. The topological polar surface area (TPSA) is 171 Å². The van der Waals surface area contributed by atoms with Gasteiger partial charge in [0.15, 0.2) is 11.6 Å². The fourth-order valence-corrected chi connectivity index (χ4v) is 5.69. The molecule has 0 unspecified atom stereocenters. The maximum Gasteiger partial charge on any atom is 0.232 e. The molecule has 0 amide bonds. The monoisotopic (exact) mass is 644 g/mol. The third kappa shape index (κ3) is 8.71. The maximum absolute atomic E-state index is 15.7. The summed E-state index contributed by atoms with van der Waals surface area (Å²) in [7, 11) is -3.93. The first-order valence-electron chi connectivity index (χ1n) is 14.6. The number of hydrogen-bond donors (Lipinski definition) is 3. The van der Waals surface area contributed by atoms with Gasteiger partial charge in [0.05, 0.1) is 48.1 Å². The molecule has 1 aliphatic heterocycles. The molecule has 2 aromatic carbocycles. The number of nitrogen functional groups attached to an aromatic ring is 2. The van der Waals surface area contributed by atoms with Crippen LogP contribution in [0, 0.1) is 5.82 Å². The van der Waals surface area contributed by atoms with Crippen molar-refractivity contribution < 1.29 is 26.7 Å². The smallest absolute Gasteiger partial charge is 0.232 e. The summed E-state index contributed by atoms with van der Waals surface area (Å²) in [6.45, 7) is 7.22. The fourth-order valence-electron chi connectivity index (χ4n) is 4.61. The van der Waals surface area contributed by atoms with Crippen LogP contribution in [0.5, 0.6) is 0 Å². The Morgan fingerprint density at radius 2 is 1.80 bits per heavy atom. The van der Waals surface area contributed by atoms with Crippen molar-refractivity contribution in [3.8, 4) is 22.5 Å². The number of halogens is 2. The standard InChI is InChI=1S/C25H26F2N8O3S.C5H12O/c26-5-2-10-39(36,37)34-19-4-1-3-17(21(19)27)15-11-18-22(20(12-15)35-6-8-38-9-7-35)32-24(33-23(18)28)16-13-30-25(29)31-14-16;1-3-5-6-4-2/h1,3-4,11-14,34H,2,5-10H2,(H2,28,32,33)(H2,29,30,31);3-5H2,1-2H3. The molecule has 0 radical (unpaired) electrons. The molecule has 242 valence electrons. The first kappa shape index (κ1) is 33.7. The van der Waals surface area contributed by atoms with E-state index in [2.05, 4.69) is 31.5 Å². The van der Waals surface area contributed by atoms with E-state index in [-0.39, 0.29) is 29.4 Å². The van der Waals surface area contributed by atoms with Crippen LogP contribution in [-0.2, 0) is 19.5 Å². The van der Waals surface area contributed by atoms with Gasteiger partial charge in [-0.25, -0.2) is 32.7 Å². The van der Waals surface area contributed by atoms with Gasteiger partial charge >= 0.3 is 0 Å². The number of fused-ring (bicyclic) bond motifs is 1. The van der Waals surface area contributed by atoms with Gasteiger partial charge in [-0.15, -0.1) is 0 Å². The molecule has 1 fully saturated rings. The van der Waals surface area contributed by atoms with Crippen LogP contribution in [0.2, 0.25) is 0 Å². The Balaban J connectivity index is 0.000000700. The van der Waals surface area contributed by atoms with E-state index in [1.807, 2.05) is 6.92 Å². The molecule has 0 saturated carbocycles. The zero-order valence-corrected chi connectivity index (χ0v) is 26.1. The molecule has 1 aliphatic rings. The van der Waals surface area contributed by atoms with E-state index < -0.39 is 28.3 Å². The highest BCUT2D eigenvalue weighted by Crippen LogP contribution is 2.38. The van der Waals surface area contributed by atoms with Crippen molar-refractivity contribution in [2.45, 2.75) is 26.7 Å². The van der Waals surface area contributed by atoms with Gasteiger partial charge in [-0.05, 0) is 43.5 Å². The summed E-state index contributed by atoms with van der Waals surface area (Å²) in [5.74, 6) is -0.659.